The van der Waals surface area contributed by atoms with Gasteiger partial charge in [-0.1, -0.05) is 47.5 Å². The van der Waals surface area contributed by atoms with Gasteiger partial charge in [0.05, 0.1) is 4.91 Å². The van der Waals surface area contributed by atoms with Crippen molar-refractivity contribution in [3.05, 3.63) is 69.0 Å². The van der Waals surface area contributed by atoms with E-state index >= 15 is 0 Å². The smallest absolute Gasteiger partial charge is 0.260 e. The van der Waals surface area contributed by atoms with Crippen LogP contribution in [-0.2, 0) is 9.59 Å². The molecule has 3 atom stereocenters. The Bertz CT molecular complexity index is 1220. The topological polar surface area (TPSA) is 55.9 Å². The van der Waals surface area contributed by atoms with Crippen LogP contribution in [0.2, 0.25) is 10.0 Å². The van der Waals surface area contributed by atoms with Crippen LogP contribution in [-0.4, -0.2) is 79.2 Å². The van der Waals surface area contributed by atoms with E-state index < -0.39 is 0 Å². The third kappa shape index (κ3) is 6.94. The van der Waals surface area contributed by atoms with Gasteiger partial charge in [0.2, 0.25) is 5.91 Å². The number of likely N-dealkylation sites (N-methyl/N-ethyl adjacent to an activating group) is 1. The lowest BCUT2D eigenvalue weighted by atomic mass is 9.83. The molecule has 6 nitrogen and oxygen atoms in total. The maximum Gasteiger partial charge on any atom is 0.260 e. The van der Waals surface area contributed by atoms with E-state index in [1.54, 1.807) is 11.8 Å². The van der Waals surface area contributed by atoms with Crippen LogP contribution in [0.15, 0.2) is 53.4 Å². The normalized spacial score (nSPS) is 25.1. The van der Waals surface area contributed by atoms with Crippen molar-refractivity contribution in [3.8, 4) is 0 Å². The average Bonchev–Trinajstić information content (AvgIpc) is 2.95. The Kier molecular flexibility index (Phi) is 9.44. The minimum absolute atomic E-state index is 0.0117. The Morgan fingerprint density at radius 3 is 2.64 bits per heavy atom. The number of thioether (sulfide) groups is 1. The lowest BCUT2D eigenvalue weighted by Crippen LogP contribution is -2.52. The largest absolute Gasteiger partial charge is 0.369 e. The molecular weight excluding hydrogens is 551 g/mol. The summed E-state index contributed by atoms with van der Waals surface area (Å²) in [7, 11) is 1.87. The van der Waals surface area contributed by atoms with Gasteiger partial charge in [-0.2, -0.15) is 0 Å². The average molecular weight is 588 g/mol. The Labute approximate surface area is 245 Å². The first kappa shape index (κ1) is 28.3. The highest BCUT2D eigenvalue weighted by Crippen LogP contribution is 2.43. The Morgan fingerprint density at radius 2 is 1.87 bits per heavy atom. The number of piperazine rings is 1. The molecule has 2 amide bonds. The molecule has 3 fully saturated rings. The van der Waals surface area contributed by atoms with E-state index in [4.69, 9.17) is 23.2 Å². The third-order valence-corrected chi connectivity index (χ3v) is 10.1. The van der Waals surface area contributed by atoms with Crippen molar-refractivity contribution in [2.45, 2.75) is 37.0 Å². The summed E-state index contributed by atoms with van der Waals surface area (Å²) in [5.41, 5.74) is 2.04. The van der Waals surface area contributed by atoms with Crippen molar-refractivity contribution < 1.29 is 9.59 Å². The van der Waals surface area contributed by atoms with Crippen LogP contribution in [0.4, 0.5) is 5.69 Å². The molecule has 208 valence electrons. The summed E-state index contributed by atoms with van der Waals surface area (Å²) in [6.07, 6.45) is 5.33. The molecule has 0 radical (unpaired) electrons. The van der Waals surface area contributed by atoms with E-state index in [0.29, 0.717) is 16.8 Å². The number of hydrogen-bond donors (Lipinski definition) is 1. The van der Waals surface area contributed by atoms with E-state index in [1.165, 1.54) is 5.69 Å². The predicted molar refractivity (Wildman–Crippen MR) is 162 cm³/mol. The highest BCUT2D eigenvalue weighted by atomic mass is 35.5. The van der Waals surface area contributed by atoms with Crippen LogP contribution < -0.4 is 10.2 Å². The summed E-state index contributed by atoms with van der Waals surface area (Å²) < 4.78 is 0. The van der Waals surface area contributed by atoms with Gasteiger partial charge in [0.15, 0.2) is 0 Å². The number of rotatable bonds is 7. The fourth-order valence-electron chi connectivity index (χ4n) is 5.83. The lowest BCUT2D eigenvalue weighted by molar-refractivity contribution is -0.131. The van der Waals surface area contributed by atoms with Crippen molar-refractivity contribution >= 4 is 58.5 Å². The Morgan fingerprint density at radius 1 is 1.08 bits per heavy atom. The van der Waals surface area contributed by atoms with Crippen LogP contribution in [0.5, 0.6) is 0 Å². The van der Waals surface area contributed by atoms with Crippen LogP contribution in [0, 0.1) is 5.92 Å². The van der Waals surface area contributed by atoms with Gasteiger partial charge in [0.1, 0.15) is 0 Å². The van der Waals surface area contributed by atoms with Crippen molar-refractivity contribution in [2.75, 3.05) is 51.2 Å². The molecule has 1 aliphatic carbocycles. The van der Waals surface area contributed by atoms with Crippen molar-refractivity contribution in [2.24, 2.45) is 5.92 Å². The maximum absolute atomic E-state index is 13.1. The first-order valence-corrected chi connectivity index (χ1v) is 15.4. The summed E-state index contributed by atoms with van der Waals surface area (Å²) in [4.78, 5) is 33.5. The van der Waals surface area contributed by atoms with Crippen LogP contribution in [0.25, 0.3) is 6.08 Å². The van der Waals surface area contributed by atoms with Gasteiger partial charge in [-0.15, -0.1) is 11.8 Å². The molecule has 2 aliphatic heterocycles. The highest BCUT2D eigenvalue weighted by Gasteiger charge is 2.42. The highest BCUT2D eigenvalue weighted by molar-refractivity contribution is 8.04. The zero-order chi connectivity index (χ0) is 27.4. The zero-order valence-electron chi connectivity index (χ0n) is 22.3. The molecule has 0 bridgehead atoms. The second-order valence-electron chi connectivity index (χ2n) is 10.6. The first-order chi connectivity index (χ1) is 18.9. The second kappa shape index (κ2) is 13.0. The van der Waals surface area contributed by atoms with Crippen LogP contribution in [0.1, 0.15) is 31.2 Å². The molecule has 5 rings (SSSR count). The Balaban J connectivity index is 1.05. The molecule has 2 heterocycles. The van der Waals surface area contributed by atoms with Crippen molar-refractivity contribution in [1.82, 2.24) is 15.1 Å². The van der Waals surface area contributed by atoms with E-state index in [9.17, 15) is 9.59 Å². The zero-order valence-corrected chi connectivity index (χ0v) is 24.6. The number of hydrogen-bond acceptors (Lipinski definition) is 5. The van der Waals surface area contributed by atoms with E-state index in [2.05, 4.69) is 21.2 Å². The third-order valence-electron chi connectivity index (χ3n) is 8.12. The van der Waals surface area contributed by atoms with Crippen molar-refractivity contribution in [1.29, 1.82) is 0 Å². The molecule has 39 heavy (non-hydrogen) atoms. The number of halogens is 2. The molecule has 0 spiro atoms. The number of nitrogens with zero attached hydrogens (tertiary/aromatic N) is 3. The molecule has 9 heteroatoms. The number of carbonyl (C=O) groups excluding carboxylic acids is 2. The van der Waals surface area contributed by atoms with Crippen LogP contribution in [0.3, 0.4) is 0 Å². The molecule has 3 unspecified atom stereocenters. The minimum Gasteiger partial charge on any atom is -0.369 e. The molecule has 2 saturated heterocycles. The fraction of sp³-hybridized carbons (Fsp3) is 0.467. The monoisotopic (exact) mass is 586 g/mol. The van der Waals surface area contributed by atoms with Crippen molar-refractivity contribution in [3.63, 3.8) is 0 Å². The van der Waals surface area contributed by atoms with E-state index in [1.807, 2.05) is 60.5 Å². The van der Waals surface area contributed by atoms with Gasteiger partial charge >= 0.3 is 0 Å². The minimum atomic E-state index is -0.0440. The Hall–Kier alpha value is -2.19. The van der Waals surface area contributed by atoms with Gasteiger partial charge < -0.3 is 15.1 Å². The quantitative estimate of drug-likeness (QED) is 0.347. The second-order valence-corrected chi connectivity index (χ2v) is 12.8. The van der Waals surface area contributed by atoms with Gasteiger partial charge in [0, 0.05) is 72.7 Å². The van der Waals surface area contributed by atoms with E-state index in [-0.39, 0.29) is 23.8 Å². The molecule has 2 aromatic carbocycles. The molecule has 1 saturated carbocycles. The standard InChI is InChI=1S/C30H36Cl2N4O2S/c1-34-26-18-22(10-11-27(26)39-28(30(34)38)19-21-6-2-3-9-25(21)32)29(37)33-12-5-13-35-14-16-36(17-15-35)24-8-4-7-23(31)20-24/h2-4,6-9,19-20,22,26-27H,5,10-18H2,1H3,(H,33,37)/b28-19-. The van der Waals surface area contributed by atoms with E-state index in [0.717, 1.165) is 73.9 Å². The summed E-state index contributed by atoms with van der Waals surface area (Å²) in [5, 5.41) is 4.89. The first-order valence-electron chi connectivity index (χ1n) is 13.8. The molecule has 1 N–H and O–H groups in total. The predicted octanol–water partition coefficient (Wildman–Crippen LogP) is 5.41. The van der Waals surface area contributed by atoms with Gasteiger partial charge in [-0.25, -0.2) is 0 Å². The molecule has 0 aromatic heterocycles. The van der Waals surface area contributed by atoms with Gasteiger partial charge in [0.25, 0.3) is 5.91 Å². The van der Waals surface area contributed by atoms with Gasteiger partial charge in [-0.3, -0.25) is 14.5 Å². The summed E-state index contributed by atoms with van der Waals surface area (Å²) in [6, 6.07) is 15.7. The molecule has 3 aliphatic rings. The van der Waals surface area contributed by atoms with Gasteiger partial charge in [-0.05, 0) is 68.1 Å². The molecular formula is C30H36Cl2N4O2S. The lowest BCUT2D eigenvalue weighted by Gasteiger charge is -2.44. The molecule has 2 aromatic rings. The maximum atomic E-state index is 13.1. The summed E-state index contributed by atoms with van der Waals surface area (Å²) >= 11 is 14.1. The number of benzene rings is 2. The number of nitrogens with one attached hydrogen (secondary N) is 1. The summed E-state index contributed by atoms with van der Waals surface area (Å²) in [6.45, 7) is 5.65. The number of carbonyl (C=O) groups is 2. The fourth-order valence-corrected chi connectivity index (χ4v) is 7.68. The van der Waals surface area contributed by atoms with Crippen LogP contribution >= 0.6 is 35.0 Å². The number of amides is 2. The summed E-state index contributed by atoms with van der Waals surface area (Å²) in [5.74, 6) is 0.0950. The SMILES string of the molecule is CN1C(=O)/C(=C/c2ccccc2Cl)SC2CCC(C(=O)NCCCN3CCN(c4cccc(Cl)c4)CC3)CC21. The number of anilines is 1. The number of fused-ring (bicyclic) bond motifs is 1.